The fraction of sp³-hybridized carbons (Fsp3) is 0.0588. The molecule has 1 aromatic carbocycles. The van der Waals surface area contributed by atoms with Crippen molar-refractivity contribution in [3.63, 3.8) is 0 Å². The van der Waals surface area contributed by atoms with Crippen molar-refractivity contribution in [2.24, 2.45) is 0 Å². The Hall–Kier alpha value is -2.59. The molecule has 0 atom stereocenters. The first kappa shape index (κ1) is 14.4. The Balaban J connectivity index is 1.85. The maximum absolute atomic E-state index is 12.2. The predicted octanol–water partition coefficient (Wildman–Crippen LogP) is 4.56. The Morgan fingerprint density at radius 1 is 1.18 bits per heavy atom. The zero-order chi connectivity index (χ0) is 15.5. The van der Waals surface area contributed by atoms with Gasteiger partial charge in [-0.1, -0.05) is 23.7 Å². The van der Waals surface area contributed by atoms with Gasteiger partial charge < -0.3 is 9.73 Å². The number of anilines is 1. The normalized spacial score (nSPS) is 10.5. The number of carbonyl (C=O) groups is 1. The molecular formula is C17H13ClN2O2. The molecule has 22 heavy (non-hydrogen) atoms. The van der Waals surface area contributed by atoms with Crippen molar-refractivity contribution in [1.29, 1.82) is 0 Å². The number of rotatable bonds is 3. The molecule has 0 radical (unpaired) electrons. The summed E-state index contributed by atoms with van der Waals surface area (Å²) in [6, 6.07) is 12.5. The van der Waals surface area contributed by atoms with Gasteiger partial charge in [-0.25, -0.2) is 0 Å². The van der Waals surface area contributed by atoms with E-state index in [1.807, 2.05) is 25.1 Å². The van der Waals surface area contributed by atoms with Crippen LogP contribution in [-0.2, 0) is 0 Å². The van der Waals surface area contributed by atoms with Gasteiger partial charge >= 0.3 is 0 Å². The number of amides is 1. The lowest BCUT2D eigenvalue weighted by Gasteiger charge is -2.04. The first-order chi connectivity index (χ1) is 10.6. The van der Waals surface area contributed by atoms with Crippen LogP contribution in [0.4, 0.5) is 5.69 Å². The Morgan fingerprint density at radius 3 is 2.82 bits per heavy atom. The Labute approximate surface area is 132 Å². The summed E-state index contributed by atoms with van der Waals surface area (Å²) < 4.78 is 5.65. The summed E-state index contributed by atoms with van der Waals surface area (Å²) >= 11 is 6.11. The van der Waals surface area contributed by atoms with E-state index in [0.717, 1.165) is 11.1 Å². The quantitative estimate of drug-likeness (QED) is 0.771. The fourth-order valence-corrected chi connectivity index (χ4v) is 2.28. The summed E-state index contributed by atoms with van der Waals surface area (Å²) in [5.74, 6) is 0.522. The highest BCUT2D eigenvalue weighted by Gasteiger charge is 2.14. The van der Waals surface area contributed by atoms with Crippen molar-refractivity contribution < 1.29 is 9.21 Å². The smallest absolute Gasteiger partial charge is 0.291 e. The maximum atomic E-state index is 12.2. The monoisotopic (exact) mass is 312 g/mol. The van der Waals surface area contributed by atoms with Crippen LogP contribution in [-0.4, -0.2) is 10.9 Å². The summed E-state index contributed by atoms with van der Waals surface area (Å²) in [7, 11) is 0. The van der Waals surface area contributed by atoms with Gasteiger partial charge in [0.15, 0.2) is 5.76 Å². The molecule has 0 saturated carbocycles. The highest BCUT2D eigenvalue weighted by molar-refractivity contribution is 6.31. The van der Waals surface area contributed by atoms with Gasteiger partial charge in [-0.2, -0.15) is 0 Å². The van der Waals surface area contributed by atoms with E-state index in [1.165, 1.54) is 0 Å². The first-order valence-electron chi connectivity index (χ1n) is 6.72. The third-order valence-electron chi connectivity index (χ3n) is 3.28. The molecule has 0 aliphatic heterocycles. The van der Waals surface area contributed by atoms with Crippen LogP contribution in [0.25, 0.3) is 11.3 Å². The molecule has 0 spiro atoms. The Kier molecular flexibility index (Phi) is 3.94. The number of aromatic nitrogens is 1. The van der Waals surface area contributed by atoms with Crippen molar-refractivity contribution in [1.82, 2.24) is 4.98 Å². The van der Waals surface area contributed by atoms with Crippen LogP contribution in [0, 0.1) is 6.92 Å². The van der Waals surface area contributed by atoms with Gasteiger partial charge in [0.2, 0.25) is 0 Å². The van der Waals surface area contributed by atoms with Crippen LogP contribution < -0.4 is 5.32 Å². The van der Waals surface area contributed by atoms with E-state index in [1.54, 1.807) is 36.7 Å². The highest BCUT2D eigenvalue weighted by Crippen LogP contribution is 2.29. The van der Waals surface area contributed by atoms with Crippen LogP contribution >= 0.6 is 11.6 Å². The number of nitrogens with one attached hydrogen (secondary N) is 1. The molecule has 4 nitrogen and oxygen atoms in total. The van der Waals surface area contributed by atoms with E-state index in [9.17, 15) is 4.79 Å². The molecule has 110 valence electrons. The molecule has 3 rings (SSSR count). The lowest BCUT2D eigenvalue weighted by molar-refractivity contribution is 0.0997. The Bertz CT molecular complexity index is 813. The molecule has 2 heterocycles. The van der Waals surface area contributed by atoms with Gasteiger partial charge in [0.05, 0.1) is 11.9 Å². The number of nitrogens with zero attached hydrogens (tertiary/aromatic N) is 1. The SMILES string of the molecule is Cc1c(Cl)cccc1-c1ccc(C(=O)Nc2cccnc2)o1. The number of pyridine rings is 1. The predicted molar refractivity (Wildman–Crippen MR) is 86.1 cm³/mol. The van der Waals surface area contributed by atoms with E-state index in [0.29, 0.717) is 16.5 Å². The Morgan fingerprint density at radius 2 is 2.05 bits per heavy atom. The molecule has 0 aliphatic rings. The first-order valence-corrected chi connectivity index (χ1v) is 7.09. The molecule has 3 aromatic rings. The number of halogens is 1. The minimum Gasteiger partial charge on any atom is -0.451 e. The highest BCUT2D eigenvalue weighted by atomic mass is 35.5. The van der Waals surface area contributed by atoms with E-state index >= 15 is 0 Å². The summed E-state index contributed by atoms with van der Waals surface area (Å²) in [5.41, 5.74) is 2.40. The van der Waals surface area contributed by atoms with Crippen molar-refractivity contribution in [3.05, 3.63) is 71.2 Å². The van der Waals surface area contributed by atoms with Crippen molar-refractivity contribution in [2.75, 3.05) is 5.32 Å². The lowest BCUT2D eigenvalue weighted by Crippen LogP contribution is -2.10. The van der Waals surface area contributed by atoms with E-state index < -0.39 is 0 Å². The third-order valence-corrected chi connectivity index (χ3v) is 3.69. The number of benzene rings is 1. The summed E-state index contributed by atoms with van der Waals surface area (Å²) in [6.07, 6.45) is 3.21. The summed E-state index contributed by atoms with van der Waals surface area (Å²) in [4.78, 5) is 16.1. The van der Waals surface area contributed by atoms with Crippen molar-refractivity contribution >= 4 is 23.2 Å². The molecule has 0 saturated heterocycles. The average molecular weight is 313 g/mol. The van der Waals surface area contributed by atoms with Gasteiger partial charge in [0.1, 0.15) is 5.76 Å². The van der Waals surface area contributed by atoms with E-state index in [2.05, 4.69) is 10.3 Å². The van der Waals surface area contributed by atoms with Gasteiger partial charge in [-0.15, -0.1) is 0 Å². The largest absolute Gasteiger partial charge is 0.451 e. The van der Waals surface area contributed by atoms with Crippen LogP contribution in [0.2, 0.25) is 5.02 Å². The molecule has 1 N–H and O–H groups in total. The van der Waals surface area contributed by atoms with Crippen LogP contribution in [0.15, 0.2) is 59.3 Å². The molecule has 0 fully saturated rings. The number of furan rings is 1. The zero-order valence-electron chi connectivity index (χ0n) is 11.8. The lowest BCUT2D eigenvalue weighted by atomic mass is 10.1. The second kappa shape index (κ2) is 6.03. The summed E-state index contributed by atoms with van der Waals surface area (Å²) in [5, 5.41) is 3.39. The molecular weight excluding hydrogens is 300 g/mol. The molecule has 0 unspecified atom stereocenters. The minimum atomic E-state index is -0.320. The summed E-state index contributed by atoms with van der Waals surface area (Å²) in [6.45, 7) is 1.91. The third kappa shape index (κ3) is 2.87. The van der Waals surface area contributed by atoms with Crippen LogP contribution in [0.1, 0.15) is 16.1 Å². The van der Waals surface area contributed by atoms with Crippen LogP contribution in [0.5, 0.6) is 0 Å². The van der Waals surface area contributed by atoms with Crippen LogP contribution in [0.3, 0.4) is 0 Å². The van der Waals surface area contributed by atoms with Gasteiger partial charge in [0.25, 0.3) is 5.91 Å². The van der Waals surface area contributed by atoms with Gasteiger partial charge in [-0.05, 0) is 42.8 Å². The van der Waals surface area contributed by atoms with E-state index in [4.69, 9.17) is 16.0 Å². The topological polar surface area (TPSA) is 55.1 Å². The average Bonchev–Trinajstić information content (AvgIpc) is 3.01. The van der Waals surface area contributed by atoms with Crippen molar-refractivity contribution in [2.45, 2.75) is 6.92 Å². The molecule has 0 aliphatic carbocycles. The standard InChI is InChI=1S/C17H13ClN2O2/c1-11-13(5-2-6-14(11)18)15-7-8-16(22-15)17(21)20-12-4-3-9-19-10-12/h2-10H,1H3,(H,20,21). The van der Waals surface area contributed by atoms with Gasteiger partial charge in [0, 0.05) is 16.8 Å². The second-order valence-electron chi connectivity index (χ2n) is 4.77. The maximum Gasteiger partial charge on any atom is 0.291 e. The molecule has 5 heteroatoms. The molecule has 1 amide bonds. The van der Waals surface area contributed by atoms with Crippen molar-refractivity contribution in [3.8, 4) is 11.3 Å². The number of hydrogen-bond donors (Lipinski definition) is 1. The number of hydrogen-bond acceptors (Lipinski definition) is 3. The molecule has 0 bridgehead atoms. The van der Waals surface area contributed by atoms with Gasteiger partial charge in [-0.3, -0.25) is 9.78 Å². The zero-order valence-corrected chi connectivity index (χ0v) is 12.6. The van der Waals surface area contributed by atoms with E-state index in [-0.39, 0.29) is 11.7 Å². The second-order valence-corrected chi connectivity index (χ2v) is 5.18. The number of carbonyl (C=O) groups excluding carboxylic acids is 1. The minimum absolute atomic E-state index is 0.234. The fourth-order valence-electron chi connectivity index (χ4n) is 2.11. The molecule has 2 aromatic heterocycles.